The second-order valence-electron chi connectivity index (χ2n) is 4.33. The van der Waals surface area contributed by atoms with Crippen LogP contribution in [0.25, 0.3) is 0 Å². The number of ether oxygens (including phenoxy) is 1. The van der Waals surface area contributed by atoms with E-state index in [1.165, 1.54) is 6.07 Å². The molecule has 0 aromatic carbocycles. The van der Waals surface area contributed by atoms with Crippen molar-refractivity contribution in [2.75, 3.05) is 13.2 Å². The number of halogens is 1. The first-order chi connectivity index (χ1) is 8.09. The predicted molar refractivity (Wildman–Crippen MR) is 63.0 cm³/mol. The van der Waals surface area contributed by atoms with Gasteiger partial charge in [-0.2, -0.15) is 0 Å². The highest BCUT2D eigenvalue weighted by Crippen LogP contribution is 2.23. The lowest BCUT2D eigenvalue weighted by molar-refractivity contribution is 0.0205. The van der Waals surface area contributed by atoms with Crippen LogP contribution in [0, 0.1) is 0 Å². The molecule has 5 nitrogen and oxygen atoms in total. The summed E-state index contributed by atoms with van der Waals surface area (Å²) in [5, 5.41) is 10.4. The first-order valence-corrected chi connectivity index (χ1v) is 5.88. The summed E-state index contributed by atoms with van der Waals surface area (Å²) in [5.74, 6) is -0.258. The highest BCUT2D eigenvalue weighted by atomic mass is 35.5. The Bertz CT molecular complexity index is 402. The first kappa shape index (κ1) is 12.3. The lowest BCUT2D eigenvalue weighted by atomic mass is 10.0. The standard InChI is InChI=1S/C11H14ClN3O2/c1-11(5-2-6-17-11)7-13-10(16)8-3-4-9(12)15-14-8/h3-4H,2,5-7H2,1H3,(H,13,16). The summed E-state index contributed by atoms with van der Waals surface area (Å²) in [6.07, 6.45) is 1.99. The number of rotatable bonds is 3. The molecule has 92 valence electrons. The predicted octanol–water partition coefficient (Wildman–Crippen LogP) is 1.43. The zero-order chi connectivity index (χ0) is 12.3. The molecule has 17 heavy (non-hydrogen) atoms. The van der Waals surface area contributed by atoms with E-state index in [9.17, 15) is 4.79 Å². The van der Waals surface area contributed by atoms with Crippen molar-refractivity contribution in [3.05, 3.63) is 23.0 Å². The summed E-state index contributed by atoms with van der Waals surface area (Å²) in [6, 6.07) is 3.08. The van der Waals surface area contributed by atoms with Gasteiger partial charge in [-0.1, -0.05) is 11.6 Å². The highest BCUT2D eigenvalue weighted by Gasteiger charge is 2.30. The van der Waals surface area contributed by atoms with Crippen molar-refractivity contribution in [1.29, 1.82) is 0 Å². The van der Waals surface area contributed by atoms with E-state index in [1.807, 2.05) is 6.92 Å². The van der Waals surface area contributed by atoms with Crippen molar-refractivity contribution in [3.63, 3.8) is 0 Å². The quantitative estimate of drug-likeness (QED) is 0.888. The zero-order valence-corrected chi connectivity index (χ0v) is 10.3. The van der Waals surface area contributed by atoms with E-state index in [2.05, 4.69) is 15.5 Å². The molecule has 0 spiro atoms. The minimum atomic E-state index is -0.258. The molecule has 1 N–H and O–H groups in total. The van der Waals surface area contributed by atoms with Gasteiger partial charge in [0.1, 0.15) is 0 Å². The smallest absolute Gasteiger partial charge is 0.271 e. The molecule has 1 aromatic heterocycles. The van der Waals surface area contributed by atoms with Crippen molar-refractivity contribution >= 4 is 17.5 Å². The van der Waals surface area contributed by atoms with Crippen LogP contribution in [0.5, 0.6) is 0 Å². The molecule has 1 aromatic rings. The Labute approximate surface area is 105 Å². The maximum atomic E-state index is 11.7. The second kappa shape index (κ2) is 4.98. The van der Waals surface area contributed by atoms with Gasteiger partial charge < -0.3 is 10.1 Å². The van der Waals surface area contributed by atoms with Crippen LogP contribution < -0.4 is 5.32 Å². The van der Waals surface area contributed by atoms with E-state index in [4.69, 9.17) is 16.3 Å². The number of hydrogen-bond acceptors (Lipinski definition) is 4. The summed E-state index contributed by atoms with van der Waals surface area (Å²) in [4.78, 5) is 11.7. The van der Waals surface area contributed by atoms with Gasteiger partial charge in [0, 0.05) is 13.2 Å². The molecule has 0 radical (unpaired) electrons. The SMILES string of the molecule is CC1(CNC(=O)c2ccc(Cl)nn2)CCCO1. The van der Waals surface area contributed by atoms with Crippen LogP contribution >= 0.6 is 11.6 Å². The third-order valence-corrected chi connectivity index (χ3v) is 2.99. The highest BCUT2D eigenvalue weighted by molar-refractivity contribution is 6.29. The molecule has 0 aliphatic carbocycles. The van der Waals surface area contributed by atoms with Gasteiger partial charge >= 0.3 is 0 Å². The normalized spacial score (nSPS) is 23.6. The van der Waals surface area contributed by atoms with E-state index in [1.54, 1.807) is 6.07 Å². The Balaban J connectivity index is 1.91. The van der Waals surface area contributed by atoms with Crippen LogP contribution in [-0.2, 0) is 4.74 Å². The van der Waals surface area contributed by atoms with Gasteiger partial charge in [-0.25, -0.2) is 0 Å². The summed E-state index contributed by atoms with van der Waals surface area (Å²) >= 11 is 5.59. The first-order valence-electron chi connectivity index (χ1n) is 5.50. The molecule has 1 aliphatic heterocycles. The van der Waals surface area contributed by atoms with Crippen LogP contribution in [0.2, 0.25) is 5.15 Å². The summed E-state index contributed by atoms with van der Waals surface area (Å²) in [7, 11) is 0. The molecule has 1 atom stereocenters. The van der Waals surface area contributed by atoms with Crippen LogP contribution in [0.15, 0.2) is 12.1 Å². The van der Waals surface area contributed by atoms with E-state index in [0.717, 1.165) is 19.4 Å². The van der Waals surface area contributed by atoms with Crippen molar-refractivity contribution in [1.82, 2.24) is 15.5 Å². The van der Waals surface area contributed by atoms with Crippen LogP contribution in [0.3, 0.4) is 0 Å². The van der Waals surface area contributed by atoms with E-state index >= 15 is 0 Å². The number of hydrogen-bond donors (Lipinski definition) is 1. The average Bonchev–Trinajstić information content (AvgIpc) is 2.75. The fourth-order valence-corrected chi connectivity index (χ4v) is 1.87. The van der Waals surface area contributed by atoms with Gasteiger partial charge in [0.15, 0.2) is 10.8 Å². The van der Waals surface area contributed by atoms with Gasteiger partial charge in [0.05, 0.1) is 5.60 Å². The Morgan fingerprint density at radius 3 is 3.00 bits per heavy atom. The number of amides is 1. The Morgan fingerprint density at radius 1 is 1.59 bits per heavy atom. The minimum absolute atomic E-state index is 0.254. The molecule has 2 rings (SSSR count). The number of carbonyl (C=O) groups is 1. The average molecular weight is 256 g/mol. The van der Waals surface area contributed by atoms with E-state index in [0.29, 0.717) is 6.54 Å². The van der Waals surface area contributed by atoms with Gasteiger partial charge in [-0.3, -0.25) is 4.79 Å². The molecular weight excluding hydrogens is 242 g/mol. The number of aromatic nitrogens is 2. The maximum absolute atomic E-state index is 11.7. The molecule has 6 heteroatoms. The Hall–Kier alpha value is -1.20. The number of nitrogens with one attached hydrogen (secondary N) is 1. The van der Waals surface area contributed by atoms with E-state index in [-0.39, 0.29) is 22.4 Å². The molecule has 0 bridgehead atoms. The third-order valence-electron chi connectivity index (χ3n) is 2.79. The lowest BCUT2D eigenvalue weighted by Gasteiger charge is -2.23. The summed E-state index contributed by atoms with van der Waals surface area (Å²) in [5.41, 5.74) is 0.00573. The molecule has 2 heterocycles. The largest absolute Gasteiger partial charge is 0.373 e. The van der Waals surface area contributed by atoms with Gasteiger partial charge in [0.2, 0.25) is 0 Å². The van der Waals surface area contributed by atoms with Gasteiger partial charge in [-0.15, -0.1) is 10.2 Å². The van der Waals surface area contributed by atoms with Crippen LogP contribution in [0.1, 0.15) is 30.3 Å². The fourth-order valence-electron chi connectivity index (χ4n) is 1.77. The number of nitrogens with zero attached hydrogens (tertiary/aromatic N) is 2. The third kappa shape index (κ3) is 3.14. The zero-order valence-electron chi connectivity index (χ0n) is 9.57. The van der Waals surface area contributed by atoms with E-state index < -0.39 is 0 Å². The van der Waals surface area contributed by atoms with Gasteiger partial charge in [0.25, 0.3) is 5.91 Å². The minimum Gasteiger partial charge on any atom is -0.373 e. The lowest BCUT2D eigenvalue weighted by Crippen LogP contribution is -2.40. The molecule has 1 amide bonds. The monoisotopic (exact) mass is 255 g/mol. The Kier molecular flexibility index (Phi) is 3.59. The van der Waals surface area contributed by atoms with Crippen molar-refractivity contribution in [2.24, 2.45) is 0 Å². The molecule has 1 aliphatic rings. The van der Waals surface area contributed by atoms with Crippen LogP contribution in [-0.4, -0.2) is 34.9 Å². The molecule has 1 fully saturated rings. The van der Waals surface area contributed by atoms with Crippen molar-refractivity contribution in [2.45, 2.75) is 25.4 Å². The second-order valence-corrected chi connectivity index (χ2v) is 4.71. The molecular formula is C11H14ClN3O2. The van der Waals surface area contributed by atoms with Gasteiger partial charge in [-0.05, 0) is 31.9 Å². The Morgan fingerprint density at radius 2 is 2.41 bits per heavy atom. The van der Waals surface area contributed by atoms with Crippen molar-refractivity contribution < 1.29 is 9.53 Å². The molecule has 0 saturated carbocycles. The topological polar surface area (TPSA) is 64.1 Å². The van der Waals surface area contributed by atoms with Crippen LogP contribution in [0.4, 0.5) is 0 Å². The number of carbonyl (C=O) groups excluding carboxylic acids is 1. The summed E-state index contributed by atoms with van der Waals surface area (Å²) in [6.45, 7) is 3.23. The fraction of sp³-hybridized carbons (Fsp3) is 0.545. The summed E-state index contributed by atoms with van der Waals surface area (Å²) < 4.78 is 5.57. The molecule has 1 unspecified atom stereocenters. The van der Waals surface area contributed by atoms with Crippen molar-refractivity contribution in [3.8, 4) is 0 Å². The maximum Gasteiger partial charge on any atom is 0.271 e. The molecule has 1 saturated heterocycles.